The highest BCUT2D eigenvalue weighted by molar-refractivity contribution is 7.89. The fraction of sp³-hybridized carbons (Fsp3) is 0.455. The molecule has 1 saturated heterocycles. The molecule has 1 fully saturated rings. The van der Waals surface area contributed by atoms with Crippen molar-refractivity contribution in [3.05, 3.63) is 63.7 Å². The molecule has 1 aliphatic rings. The van der Waals surface area contributed by atoms with Gasteiger partial charge in [-0.2, -0.15) is 4.31 Å². The highest BCUT2D eigenvalue weighted by Crippen LogP contribution is 2.31. The quantitative estimate of drug-likeness (QED) is 0.467. The van der Waals surface area contributed by atoms with Crippen molar-refractivity contribution in [2.75, 3.05) is 39.0 Å². The fourth-order valence-corrected chi connectivity index (χ4v) is 5.54. The lowest BCUT2D eigenvalue weighted by atomic mass is 10.0. The summed E-state index contributed by atoms with van der Waals surface area (Å²) in [6, 6.07) is 12.4. The van der Waals surface area contributed by atoms with Crippen LogP contribution in [0.15, 0.2) is 47.4 Å². The minimum atomic E-state index is -3.81. The molecule has 2 aromatic rings. The number of nitrogens with zero attached hydrogens (tertiary/aromatic N) is 3. The van der Waals surface area contributed by atoms with E-state index >= 15 is 0 Å². The molecule has 1 atom stereocenters. The Kier molecular flexibility index (Phi) is 7.30. The van der Waals surface area contributed by atoms with Crippen LogP contribution < -0.4 is 5.32 Å². The Labute approximate surface area is 184 Å². The van der Waals surface area contributed by atoms with Gasteiger partial charge in [0.15, 0.2) is 0 Å². The van der Waals surface area contributed by atoms with Crippen LogP contribution in [-0.4, -0.2) is 56.3 Å². The van der Waals surface area contributed by atoms with Crippen LogP contribution in [-0.2, 0) is 16.4 Å². The molecule has 0 bridgehead atoms. The number of anilines is 1. The smallest absolute Gasteiger partial charge is 0.270 e. The molecule has 9 heteroatoms. The highest BCUT2D eigenvalue weighted by Gasteiger charge is 2.31. The topological polar surface area (TPSA) is 95.8 Å². The molecule has 8 nitrogen and oxygen atoms in total. The number of aryl methyl sites for hydroxylation is 1. The predicted molar refractivity (Wildman–Crippen MR) is 122 cm³/mol. The number of nitro groups is 1. The van der Waals surface area contributed by atoms with Gasteiger partial charge in [-0.3, -0.25) is 10.1 Å². The van der Waals surface area contributed by atoms with Crippen LogP contribution >= 0.6 is 0 Å². The number of rotatable bonds is 9. The highest BCUT2D eigenvalue weighted by atomic mass is 32.2. The maximum atomic E-state index is 13.2. The van der Waals surface area contributed by atoms with Crippen molar-refractivity contribution >= 4 is 21.4 Å². The minimum Gasteiger partial charge on any atom is -0.382 e. The van der Waals surface area contributed by atoms with Crippen molar-refractivity contribution in [1.29, 1.82) is 0 Å². The van der Waals surface area contributed by atoms with Gasteiger partial charge in [-0.15, -0.1) is 0 Å². The van der Waals surface area contributed by atoms with Crippen molar-refractivity contribution in [2.45, 2.75) is 37.1 Å². The summed E-state index contributed by atoms with van der Waals surface area (Å²) in [4.78, 5) is 12.7. The average molecular weight is 447 g/mol. The van der Waals surface area contributed by atoms with Gasteiger partial charge in [-0.05, 0) is 50.6 Å². The molecule has 1 aliphatic heterocycles. The van der Waals surface area contributed by atoms with Gasteiger partial charge < -0.3 is 10.2 Å². The van der Waals surface area contributed by atoms with Crippen molar-refractivity contribution in [3.8, 4) is 0 Å². The van der Waals surface area contributed by atoms with E-state index in [-0.39, 0.29) is 16.6 Å². The first-order valence-electron chi connectivity index (χ1n) is 10.5. The van der Waals surface area contributed by atoms with Gasteiger partial charge in [-0.25, -0.2) is 8.42 Å². The summed E-state index contributed by atoms with van der Waals surface area (Å²) in [6.07, 6.45) is 2.56. The predicted octanol–water partition coefficient (Wildman–Crippen LogP) is 3.66. The van der Waals surface area contributed by atoms with E-state index in [4.69, 9.17) is 0 Å². The first-order chi connectivity index (χ1) is 14.7. The fourth-order valence-electron chi connectivity index (χ4n) is 3.83. The zero-order valence-electron chi connectivity index (χ0n) is 18.2. The van der Waals surface area contributed by atoms with Crippen molar-refractivity contribution < 1.29 is 13.3 Å². The van der Waals surface area contributed by atoms with Crippen molar-refractivity contribution in [1.82, 2.24) is 9.21 Å². The standard InChI is InChI=1S/C22H30N4O4S/c1-4-17-7-9-18(10-8-17)21(24(2)3)16-23-20-12-11-19(26(27)28)15-22(20)31(29,30)25-13-5-6-14-25/h7-12,15,21,23H,4-6,13-14,16H2,1-3H3. The molecule has 0 spiro atoms. The molecule has 0 aliphatic carbocycles. The molecular formula is C22H30N4O4S. The first-order valence-corrected chi connectivity index (χ1v) is 12.0. The second-order valence-corrected chi connectivity index (χ2v) is 9.91. The second kappa shape index (κ2) is 9.76. The van der Waals surface area contributed by atoms with E-state index in [2.05, 4.69) is 41.4 Å². The molecule has 0 aromatic heterocycles. The largest absolute Gasteiger partial charge is 0.382 e. The average Bonchev–Trinajstić information content (AvgIpc) is 3.30. The van der Waals surface area contributed by atoms with E-state index in [1.165, 1.54) is 22.0 Å². The van der Waals surface area contributed by atoms with Gasteiger partial charge >= 0.3 is 0 Å². The molecule has 31 heavy (non-hydrogen) atoms. The van der Waals surface area contributed by atoms with E-state index in [0.717, 1.165) is 30.9 Å². The van der Waals surface area contributed by atoms with Crippen LogP contribution in [0, 0.1) is 10.1 Å². The summed E-state index contributed by atoms with van der Waals surface area (Å²) in [5.41, 5.74) is 2.52. The van der Waals surface area contributed by atoms with E-state index < -0.39 is 14.9 Å². The van der Waals surface area contributed by atoms with Gasteiger partial charge in [0.1, 0.15) is 4.90 Å². The molecule has 3 rings (SSSR count). The molecule has 2 aromatic carbocycles. The molecule has 1 heterocycles. The third kappa shape index (κ3) is 5.23. The molecule has 0 amide bonds. The zero-order valence-corrected chi connectivity index (χ0v) is 19.1. The normalized spacial score (nSPS) is 15.9. The number of hydrogen-bond donors (Lipinski definition) is 1. The number of nitrogens with one attached hydrogen (secondary N) is 1. The molecule has 1 unspecified atom stereocenters. The summed E-state index contributed by atoms with van der Waals surface area (Å²) in [5.74, 6) is 0. The molecule has 0 radical (unpaired) electrons. The van der Waals surface area contributed by atoms with Gasteiger partial charge in [0.2, 0.25) is 10.0 Å². The number of sulfonamides is 1. The maximum absolute atomic E-state index is 13.2. The summed E-state index contributed by atoms with van der Waals surface area (Å²) in [5, 5.41) is 14.5. The lowest BCUT2D eigenvalue weighted by Crippen LogP contribution is -2.30. The summed E-state index contributed by atoms with van der Waals surface area (Å²) >= 11 is 0. The van der Waals surface area contributed by atoms with E-state index in [9.17, 15) is 18.5 Å². The Morgan fingerprint density at radius 1 is 1.13 bits per heavy atom. The zero-order chi connectivity index (χ0) is 22.6. The van der Waals surface area contributed by atoms with Crippen molar-refractivity contribution in [2.24, 2.45) is 0 Å². The van der Waals surface area contributed by atoms with Gasteiger partial charge in [-0.1, -0.05) is 31.2 Å². The van der Waals surface area contributed by atoms with Crippen LogP contribution in [0.4, 0.5) is 11.4 Å². The Morgan fingerprint density at radius 2 is 1.77 bits per heavy atom. The monoisotopic (exact) mass is 446 g/mol. The number of likely N-dealkylation sites (N-methyl/N-ethyl adjacent to an activating group) is 1. The molecule has 168 valence electrons. The minimum absolute atomic E-state index is 0.00318. The molecule has 0 saturated carbocycles. The molecular weight excluding hydrogens is 416 g/mol. The lowest BCUT2D eigenvalue weighted by Gasteiger charge is -2.26. The summed E-state index contributed by atoms with van der Waals surface area (Å²) < 4.78 is 27.8. The Bertz CT molecular complexity index is 1020. The summed E-state index contributed by atoms with van der Waals surface area (Å²) in [7, 11) is 0.126. The van der Waals surface area contributed by atoms with Crippen LogP contribution in [0.3, 0.4) is 0 Å². The first kappa shape index (κ1) is 23.2. The lowest BCUT2D eigenvalue weighted by molar-refractivity contribution is -0.385. The van der Waals surface area contributed by atoms with Gasteiger partial charge in [0, 0.05) is 31.8 Å². The van der Waals surface area contributed by atoms with Crippen molar-refractivity contribution in [3.63, 3.8) is 0 Å². The van der Waals surface area contributed by atoms with Gasteiger partial charge in [0.25, 0.3) is 5.69 Å². The number of nitro benzene ring substituents is 1. The maximum Gasteiger partial charge on any atom is 0.270 e. The number of non-ortho nitro benzene ring substituents is 1. The summed E-state index contributed by atoms with van der Waals surface area (Å²) in [6.45, 7) is 3.44. The second-order valence-electron chi connectivity index (χ2n) is 8.00. The Hall–Kier alpha value is -2.49. The van der Waals surface area contributed by atoms with Crippen LogP contribution in [0.5, 0.6) is 0 Å². The number of hydrogen-bond acceptors (Lipinski definition) is 6. The van der Waals surface area contributed by atoms with Crippen LogP contribution in [0.25, 0.3) is 0 Å². The van der Waals surface area contributed by atoms with Gasteiger partial charge in [0.05, 0.1) is 16.7 Å². The SMILES string of the molecule is CCc1ccc(C(CNc2ccc([N+](=O)[O-])cc2S(=O)(=O)N2CCCC2)N(C)C)cc1. The third-order valence-corrected chi connectivity index (χ3v) is 7.68. The van der Waals surface area contributed by atoms with E-state index in [1.807, 2.05) is 14.1 Å². The molecule has 1 N–H and O–H groups in total. The number of benzene rings is 2. The third-order valence-electron chi connectivity index (χ3n) is 5.74. The Balaban J connectivity index is 1.91. The van der Waals surface area contributed by atoms with E-state index in [0.29, 0.717) is 25.3 Å². The van der Waals surface area contributed by atoms with Crippen LogP contribution in [0.1, 0.15) is 36.9 Å². The van der Waals surface area contributed by atoms with E-state index in [1.54, 1.807) is 0 Å². The van der Waals surface area contributed by atoms with Crippen LogP contribution in [0.2, 0.25) is 0 Å². The Morgan fingerprint density at radius 3 is 2.32 bits per heavy atom.